The molecule has 1 amide bonds. The monoisotopic (exact) mass is 289 g/mol. The number of amides is 1. The molecule has 21 heavy (non-hydrogen) atoms. The van der Waals surface area contributed by atoms with Crippen LogP contribution < -0.4 is 0 Å². The minimum atomic E-state index is -1.01. The zero-order valence-corrected chi connectivity index (χ0v) is 11.9. The second-order valence-electron chi connectivity index (χ2n) is 5.31. The number of aliphatic carboxylic acids is 1. The molecule has 1 aromatic rings. The number of hydrogen-bond donors (Lipinski definition) is 2. The van der Waals surface area contributed by atoms with Crippen LogP contribution in [0.25, 0.3) is 6.08 Å². The molecule has 1 heterocycles. The minimum absolute atomic E-state index is 0.0215. The number of carboxylic acid groups (broad SMARTS) is 1. The van der Waals surface area contributed by atoms with Crippen LogP contribution in [0.5, 0.6) is 0 Å². The molecule has 0 bridgehead atoms. The SMILES string of the molecule is CC1CCN(C(=O)c2ccc(/C=C/C(=O)O)cc2)C1CO. The third kappa shape index (κ3) is 3.49. The van der Waals surface area contributed by atoms with Gasteiger partial charge in [-0.1, -0.05) is 19.1 Å². The van der Waals surface area contributed by atoms with Gasteiger partial charge in [0.05, 0.1) is 12.6 Å². The van der Waals surface area contributed by atoms with E-state index in [-0.39, 0.29) is 18.6 Å². The maximum Gasteiger partial charge on any atom is 0.328 e. The van der Waals surface area contributed by atoms with Gasteiger partial charge in [0.15, 0.2) is 0 Å². The van der Waals surface area contributed by atoms with Crippen molar-refractivity contribution in [2.45, 2.75) is 19.4 Å². The standard InChI is InChI=1S/C16H19NO4/c1-11-8-9-17(14(11)10-18)16(21)13-5-2-12(3-6-13)4-7-15(19)20/h2-7,11,14,18H,8-10H2,1H3,(H,19,20)/b7-4+. The fourth-order valence-electron chi connectivity index (χ4n) is 2.61. The van der Waals surface area contributed by atoms with E-state index in [9.17, 15) is 14.7 Å². The van der Waals surface area contributed by atoms with Gasteiger partial charge in [-0.25, -0.2) is 4.79 Å². The van der Waals surface area contributed by atoms with Crippen molar-refractivity contribution in [3.63, 3.8) is 0 Å². The third-order valence-electron chi connectivity index (χ3n) is 3.91. The van der Waals surface area contributed by atoms with Gasteiger partial charge in [0, 0.05) is 18.2 Å². The lowest BCUT2D eigenvalue weighted by atomic mass is 10.0. The summed E-state index contributed by atoms with van der Waals surface area (Å²) in [5.41, 5.74) is 1.28. The first-order valence-electron chi connectivity index (χ1n) is 6.96. The van der Waals surface area contributed by atoms with E-state index >= 15 is 0 Å². The van der Waals surface area contributed by atoms with Crippen molar-refractivity contribution in [3.8, 4) is 0 Å². The van der Waals surface area contributed by atoms with E-state index in [2.05, 4.69) is 0 Å². The zero-order chi connectivity index (χ0) is 15.4. The molecule has 5 heteroatoms. The molecule has 2 atom stereocenters. The normalized spacial score (nSPS) is 21.9. The molecule has 0 radical (unpaired) electrons. The van der Waals surface area contributed by atoms with Gasteiger partial charge in [0.25, 0.3) is 5.91 Å². The van der Waals surface area contributed by atoms with Crippen LogP contribution in [0.2, 0.25) is 0 Å². The van der Waals surface area contributed by atoms with Crippen molar-refractivity contribution in [2.24, 2.45) is 5.92 Å². The van der Waals surface area contributed by atoms with Crippen LogP contribution in [-0.4, -0.2) is 46.2 Å². The van der Waals surface area contributed by atoms with Crippen LogP contribution in [0.15, 0.2) is 30.3 Å². The van der Waals surface area contributed by atoms with Gasteiger partial charge >= 0.3 is 5.97 Å². The molecule has 1 aromatic carbocycles. The number of carbonyl (C=O) groups excluding carboxylic acids is 1. The van der Waals surface area contributed by atoms with Gasteiger partial charge in [-0.3, -0.25) is 4.79 Å². The Kier molecular flexibility index (Phi) is 4.75. The molecule has 2 unspecified atom stereocenters. The topological polar surface area (TPSA) is 77.8 Å². The summed E-state index contributed by atoms with van der Waals surface area (Å²) in [5.74, 6) is -0.795. The summed E-state index contributed by atoms with van der Waals surface area (Å²) >= 11 is 0. The zero-order valence-electron chi connectivity index (χ0n) is 11.9. The second-order valence-corrected chi connectivity index (χ2v) is 5.31. The molecule has 1 fully saturated rings. The maximum absolute atomic E-state index is 12.4. The van der Waals surface area contributed by atoms with Crippen LogP contribution >= 0.6 is 0 Å². The summed E-state index contributed by atoms with van der Waals surface area (Å²) in [6.45, 7) is 2.67. The average Bonchev–Trinajstić information content (AvgIpc) is 2.85. The molecule has 0 spiro atoms. The lowest BCUT2D eigenvalue weighted by Crippen LogP contribution is -2.39. The van der Waals surface area contributed by atoms with Gasteiger partial charge < -0.3 is 15.1 Å². The summed E-state index contributed by atoms with van der Waals surface area (Å²) in [4.78, 5) is 24.6. The van der Waals surface area contributed by atoms with Crippen molar-refractivity contribution >= 4 is 18.0 Å². The Morgan fingerprint density at radius 1 is 1.33 bits per heavy atom. The van der Waals surface area contributed by atoms with Crippen LogP contribution in [0, 0.1) is 5.92 Å². The number of aliphatic hydroxyl groups is 1. The summed E-state index contributed by atoms with van der Waals surface area (Å²) in [5, 5.41) is 18.0. The first kappa shape index (κ1) is 15.3. The number of hydrogen-bond acceptors (Lipinski definition) is 3. The molecule has 112 valence electrons. The largest absolute Gasteiger partial charge is 0.478 e. The van der Waals surface area contributed by atoms with Crippen molar-refractivity contribution in [2.75, 3.05) is 13.2 Å². The highest BCUT2D eigenvalue weighted by atomic mass is 16.4. The Morgan fingerprint density at radius 2 is 2.00 bits per heavy atom. The number of nitrogens with zero attached hydrogens (tertiary/aromatic N) is 1. The Hall–Kier alpha value is -2.14. The lowest BCUT2D eigenvalue weighted by molar-refractivity contribution is -0.131. The van der Waals surface area contributed by atoms with Gasteiger partial charge in [-0.2, -0.15) is 0 Å². The molecule has 0 aromatic heterocycles. The molecule has 0 saturated carbocycles. The minimum Gasteiger partial charge on any atom is -0.478 e. The first-order chi connectivity index (χ1) is 10.0. The van der Waals surface area contributed by atoms with Crippen LogP contribution in [0.1, 0.15) is 29.3 Å². The highest BCUT2D eigenvalue weighted by Gasteiger charge is 2.34. The highest BCUT2D eigenvalue weighted by molar-refractivity contribution is 5.95. The van der Waals surface area contributed by atoms with Gasteiger partial charge in [-0.15, -0.1) is 0 Å². The number of rotatable bonds is 4. The number of likely N-dealkylation sites (tertiary alicyclic amines) is 1. The molecular weight excluding hydrogens is 270 g/mol. The quantitative estimate of drug-likeness (QED) is 0.826. The summed E-state index contributed by atoms with van der Waals surface area (Å²) in [6.07, 6.45) is 3.43. The van der Waals surface area contributed by atoms with Crippen LogP contribution in [-0.2, 0) is 4.79 Å². The first-order valence-corrected chi connectivity index (χ1v) is 6.96. The van der Waals surface area contributed by atoms with E-state index in [1.807, 2.05) is 6.92 Å². The van der Waals surface area contributed by atoms with Crippen LogP contribution in [0.3, 0.4) is 0 Å². The van der Waals surface area contributed by atoms with Crippen molar-refractivity contribution < 1.29 is 19.8 Å². The summed E-state index contributed by atoms with van der Waals surface area (Å²) < 4.78 is 0. The molecule has 2 N–H and O–H groups in total. The van der Waals surface area contributed by atoms with E-state index in [4.69, 9.17) is 5.11 Å². The molecule has 5 nitrogen and oxygen atoms in total. The fourth-order valence-corrected chi connectivity index (χ4v) is 2.61. The van der Waals surface area contributed by atoms with Crippen molar-refractivity contribution in [1.82, 2.24) is 4.90 Å². The number of carbonyl (C=O) groups is 2. The van der Waals surface area contributed by atoms with Crippen molar-refractivity contribution in [1.29, 1.82) is 0 Å². The molecule has 1 saturated heterocycles. The van der Waals surface area contributed by atoms with E-state index < -0.39 is 5.97 Å². The molecule has 0 aliphatic carbocycles. The van der Waals surface area contributed by atoms with Gasteiger partial charge in [0.2, 0.25) is 0 Å². The highest BCUT2D eigenvalue weighted by Crippen LogP contribution is 2.25. The molecular formula is C16H19NO4. The number of aliphatic hydroxyl groups excluding tert-OH is 1. The van der Waals surface area contributed by atoms with E-state index in [0.29, 0.717) is 18.0 Å². The Balaban J connectivity index is 2.11. The molecule has 1 aliphatic heterocycles. The van der Waals surface area contributed by atoms with Gasteiger partial charge in [-0.05, 0) is 36.1 Å². The number of carboxylic acids is 1. The number of benzene rings is 1. The Morgan fingerprint density at radius 3 is 2.57 bits per heavy atom. The van der Waals surface area contributed by atoms with E-state index in [1.54, 1.807) is 29.2 Å². The fraction of sp³-hybridized carbons (Fsp3) is 0.375. The lowest BCUT2D eigenvalue weighted by Gasteiger charge is -2.25. The second kappa shape index (κ2) is 6.54. The maximum atomic E-state index is 12.4. The molecule has 1 aliphatic rings. The third-order valence-corrected chi connectivity index (χ3v) is 3.91. The van der Waals surface area contributed by atoms with Crippen molar-refractivity contribution in [3.05, 3.63) is 41.5 Å². The van der Waals surface area contributed by atoms with E-state index in [1.165, 1.54) is 6.08 Å². The van der Waals surface area contributed by atoms with Crippen LogP contribution in [0.4, 0.5) is 0 Å². The predicted octanol–water partition coefficient (Wildman–Crippen LogP) is 1.63. The Bertz CT molecular complexity index is 550. The smallest absolute Gasteiger partial charge is 0.328 e. The summed E-state index contributed by atoms with van der Waals surface area (Å²) in [7, 11) is 0. The molecule has 2 rings (SSSR count). The van der Waals surface area contributed by atoms with Gasteiger partial charge in [0.1, 0.15) is 0 Å². The Labute approximate surface area is 123 Å². The average molecular weight is 289 g/mol. The van der Waals surface area contributed by atoms with E-state index in [0.717, 1.165) is 18.1 Å². The summed E-state index contributed by atoms with van der Waals surface area (Å²) in [6, 6.07) is 6.66. The predicted molar refractivity (Wildman–Crippen MR) is 78.8 cm³/mol.